The van der Waals surface area contributed by atoms with Crippen molar-refractivity contribution in [2.75, 3.05) is 5.32 Å². The van der Waals surface area contributed by atoms with Gasteiger partial charge in [0.1, 0.15) is 5.82 Å². The number of carbonyl (C=O) groups is 2. The molecule has 2 amide bonds. The summed E-state index contributed by atoms with van der Waals surface area (Å²) < 4.78 is 13.3. The maximum Gasteiger partial charge on any atom is 0.319 e. The quantitative estimate of drug-likeness (QED) is 0.775. The van der Waals surface area contributed by atoms with Gasteiger partial charge >= 0.3 is 12.0 Å². The van der Waals surface area contributed by atoms with E-state index < -0.39 is 23.9 Å². The molecule has 1 atom stereocenters. The Balaban J connectivity index is 2.61. The Bertz CT molecular complexity index is 482. The van der Waals surface area contributed by atoms with Gasteiger partial charge in [-0.2, -0.15) is 0 Å². The van der Waals surface area contributed by atoms with Gasteiger partial charge in [0.15, 0.2) is 0 Å². The summed E-state index contributed by atoms with van der Waals surface area (Å²) in [5.74, 6) is -1.40. The van der Waals surface area contributed by atoms with Crippen molar-refractivity contribution in [2.45, 2.75) is 25.8 Å². The van der Waals surface area contributed by atoms with Crippen LogP contribution in [0.4, 0.5) is 14.9 Å². The van der Waals surface area contributed by atoms with E-state index in [1.165, 1.54) is 18.2 Å². The van der Waals surface area contributed by atoms with Crippen LogP contribution in [0.1, 0.15) is 19.8 Å². The number of benzene rings is 1. The molecule has 104 valence electrons. The van der Waals surface area contributed by atoms with Gasteiger partial charge in [-0.25, -0.2) is 9.18 Å². The van der Waals surface area contributed by atoms with Crippen LogP contribution in [0.3, 0.4) is 0 Å². The second-order valence-corrected chi connectivity index (χ2v) is 4.78. The van der Waals surface area contributed by atoms with Crippen molar-refractivity contribution in [1.82, 2.24) is 5.32 Å². The van der Waals surface area contributed by atoms with Gasteiger partial charge in [0.2, 0.25) is 0 Å². The van der Waals surface area contributed by atoms with E-state index in [9.17, 15) is 14.0 Å². The molecule has 1 aromatic carbocycles. The second-order valence-electron chi connectivity index (χ2n) is 3.93. The van der Waals surface area contributed by atoms with Crippen LogP contribution in [-0.4, -0.2) is 23.1 Å². The molecule has 3 N–H and O–H groups in total. The van der Waals surface area contributed by atoms with Crippen molar-refractivity contribution in [3.63, 3.8) is 0 Å². The zero-order valence-electron chi connectivity index (χ0n) is 10.2. The summed E-state index contributed by atoms with van der Waals surface area (Å²) in [6.07, 6.45) is 0.360. The smallest absolute Gasteiger partial charge is 0.319 e. The summed E-state index contributed by atoms with van der Waals surface area (Å²) in [7, 11) is 0. The number of carboxylic acid groups (broad SMARTS) is 1. The molecule has 0 aliphatic rings. The molecule has 7 heteroatoms. The standard InChI is InChI=1S/C12H14BrFN2O3/c1-2-8(6-11(17)18)15-12(19)16-10-4-3-7(14)5-9(10)13/h3-5,8H,2,6H2,1H3,(H,17,18)(H2,15,16,19). The summed E-state index contributed by atoms with van der Waals surface area (Å²) in [6.45, 7) is 1.78. The molecule has 0 aliphatic carbocycles. The Hall–Kier alpha value is -1.63. The van der Waals surface area contributed by atoms with Crippen molar-refractivity contribution in [1.29, 1.82) is 0 Å². The lowest BCUT2D eigenvalue weighted by Crippen LogP contribution is -2.38. The lowest BCUT2D eigenvalue weighted by atomic mass is 10.1. The molecule has 19 heavy (non-hydrogen) atoms. The zero-order chi connectivity index (χ0) is 14.4. The largest absolute Gasteiger partial charge is 0.481 e. The fourth-order valence-corrected chi connectivity index (χ4v) is 1.89. The molecule has 0 saturated heterocycles. The highest BCUT2D eigenvalue weighted by Gasteiger charge is 2.14. The van der Waals surface area contributed by atoms with Crippen molar-refractivity contribution in [3.8, 4) is 0 Å². The average molecular weight is 333 g/mol. The molecule has 0 aliphatic heterocycles. The van der Waals surface area contributed by atoms with Gasteiger partial charge in [0, 0.05) is 10.5 Å². The Labute approximate surface area is 118 Å². The SMILES string of the molecule is CCC(CC(=O)O)NC(=O)Nc1ccc(F)cc1Br. The van der Waals surface area contributed by atoms with E-state index in [1.807, 2.05) is 0 Å². The van der Waals surface area contributed by atoms with E-state index in [-0.39, 0.29) is 6.42 Å². The summed E-state index contributed by atoms with van der Waals surface area (Å²) in [4.78, 5) is 22.2. The van der Waals surface area contributed by atoms with Gasteiger partial charge in [0.25, 0.3) is 0 Å². The third kappa shape index (κ3) is 5.25. The van der Waals surface area contributed by atoms with E-state index >= 15 is 0 Å². The monoisotopic (exact) mass is 332 g/mol. The molecular weight excluding hydrogens is 319 g/mol. The second kappa shape index (κ2) is 7.08. The van der Waals surface area contributed by atoms with Crippen molar-refractivity contribution < 1.29 is 19.1 Å². The number of hydrogen-bond donors (Lipinski definition) is 3. The maximum absolute atomic E-state index is 12.9. The minimum atomic E-state index is -0.977. The fraction of sp³-hybridized carbons (Fsp3) is 0.333. The molecule has 0 bridgehead atoms. The molecule has 1 rings (SSSR count). The van der Waals surface area contributed by atoms with Crippen molar-refractivity contribution in [3.05, 3.63) is 28.5 Å². The number of rotatable bonds is 5. The minimum Gasteiger partial charge on any atom is -0.481 e. The number of amides is 2. The van der Waals surface area contributed by atoms with Crippen LogP contribution in [0.15, 0.2) is 22.7 Å². The first-order valence-electron chi connectivity index (χ1n) is 5.66. The normalized spacial score (nSPS) is 11.7. The Morgan fingerprint density at radius 1 is 1.47 bits per heavy atom. The highest BCUT2D eigenvalue weighted by atomic mass is 79.9. The first kappa shape index (κ1) is 15.4. The lowest BCUT2D eigenvalue weighted by Gasteiger charge is -2.16. The Kier molecular flexibility index (Phi) is 5.75. The fourth-order valence-electron chi connectivity index (χ4n) is 1.44. The third-order valence-corrected chi connectivity index (χ3v) is 3.08. The zero-order valence-corrected chi connectivity index (χ0v) is 11.8. The van der Waals surface area contributed by atoms with Crippen LogP contribution in [0, 0.1) is 5.82 Å². The average Bonchev–Trinajstić information content (AvgIpc) is 2.31. The number of carbonyl (C=O) groups excluding carboxylic acids is 1. The van der Waals surface area contributed by atoms with Gasteiger partial charge < -0.3 is 15.7 Å². The van der Waals surface area contributed by atoms with Crippen LogP contribution in [-0.2, 0) is 4.79 Å². The highest BCUT2D eigenvalue weighted by molar-refractivity contribution is 9.10. The predicted molar refractivity (Wildman–Crippen MR) is 72.6 cm³/mol. The lowest BCUT2D eigenvalue weighted by molar-refractivity contribution is -0.137. The summed E-state index contributed by atoms with van der Waals surface area (Å²) in [5, 5.41) is 13.7. The van der Waals surface area contributed by atoms with E-state index in [0.717, 1.165) is 0 Å². The minimum absolute atomic E-state index is 0.144. The molecule has 1 unspecified atom stereocenters. The molecule has 0 aromatic heterocycles. The number of anilines is 1. The van der Waals surface area contributed by atoms with Gasteiger partial charge in [0.05, 0.1) is 12.1 Å². The molecule has 5 nitrogen and oxygen atoms in total. The first-order chi connectivity index (χ1) is 8.92. The predicted octanol–water partition coefficient (Wildman–Crippen LogP) is 2.96. The number of nitrogens with one attached hydrogen (secondary N) is 2. The van der Waals surface area contributed by atoms with E-state index in [1.54, 1.807) is 6.92 Å². The van der Waals surface area contributed by atoms with Crippen LogP contribution in [0.2, 0.25) is 0 Å². The van der Waals surface area contributed by atoms with Gasteiger partial charge in [-0.05, 0) is 40.5 Å². The topological polar surface area (TPSA) is 78.4 Å². The van der Waals surface area contributed by atoms with Gasteiger partial charge in [-0.3, -0.25) is 4.79 Å². The van der Waals surface area contributed by atoms with Crippen LogP contribution >= 0.6 is 15.9 Å². The maximum atomic E-state index is 12.9. The van der Waals surface area contributed by atoms with Crippen LogP contribution < -0.4 is 10.6 Å². The van der Waals surface area contributed by atoms with Crippen molar-refractivity contribution >= 4 is 33.6 Å². The molecule has 0 radical (unpaired) electrons. The van der Waals surface area contributed by atoms with Crippen LogP contribution in [0.5, 0.6) is 0 Å². The third-order valence-electron chi connectivity index (χ3n) is 2.43. The first-order valence-corrected chi connectivity index (χ1v) is 6.46. The summed E-state index contributed by atoms with van der Waals surface area (Å²) in [5.41, 5.74) is 0.407. The van der Waals surface area contributed by atoms with E-state index in [2.05, 4.69) is 26.6 Å². The van der Waals surface area contributed by atoms with E-state index in [0.29, 0.717) is 16.6 Å². The molecular formula is C12H14BrFN2O3. The number of hydrogen-bond acceptors (Lipinski definition) is 2. The van der Waals surface area contributed by atoms with Crippen LogP contribution in [0.25, 0.3) is 0 Å². The molecule has 0 fully saturated rings. The number of halogens is 2. The Morgan fingerprint density at radius 3 is 2.68 bits per heavy atom. The molecule has 0 heterocycles. The number of urea groups is 1. The van der Waals surface area contributed by atoms with Gasteiger partial charge in [-0.1, -0.05) is 6.92 Å². The van der Waals surface area contributed by atoms with Crippen molar-refractivity contribution in [2.24, 2.45) is 0 Å². The number of carboxylic acids is 1. The Morgan fingerprint density at radius 2 is 2.16 bits per heavy atom. The molecule has 0 saturated carbocycles. The molecule has 0 spiro atoms. The molecule has 1 aromatic rings. The number of aliphatic carboxylic acids is 1. The summed E-state index contributed by atoms with van der Waals surface area (Å²) in [6, 6.07) is 2.88. The van der Waals surface area contributed by atoms with Gasteiger partial charge in [-0.15, -0.1) is 0 Å². The highest BCUT2D eigenvalue weighted by Crippen LogP contribution is 2.22. The summed E-state index contributed by atoms with van der Waals surface area (Å²) >= 11 is 3.12. The van der Waals surface area contributed by atoms with E-state index in [4.69, 9.17) is 5.11 Å².